The summed E-state index contributed by atoms with van der Waals surface area (Å²) in [5.41, 5.74) is 1.04. The standard InChI is InChI=1S/C24H18N4OS/c30-24-27-26-23(16-29-19-10-2-1-3-11-19)28(24)25-15-22-20-12-6-4-8-17(20)14-18-9-5-7-13-21(18)22/h1-15H,16H2,(H,27,30)/b25-15-. The molecule has 0 saturated carbocycles. The van der Waals surface area contributed by atoms with E-state index in [1.165, 1.54) is 10.8 Å². The van der Waals surface area contributed by atoms with Gasteiger partial charge in [-0.05, 0) is 52.0 Å². The molecule has 0 fully saturated rings. The van der Waals surface area contributed by atoms with E-state index >= 15 is 0 Å². The first-order chi connectivity index (χ1) is 14.8. The largest absolute Gasteiger partial charge is 0.486 e. The van der Waals surface area contributed by atoms with Crippen LogP contribution in [-0.4, -0.2) is 21.1 Å². The summed E-state index contributed by atoms with van der Waals surface area (Å²) < 4.78 is 7.84. The molecule has 1 heterocycles. The van der Waals surface area contributed by atoms with Gasteiger partial charge in [0, 0.05) is 5.56 Å². The molecular weight excluding hydrogens is 392 g/mol. The van der Waals surface area contributed by atoms with Gasteiger partial charge in [-0.1, -0.05) is 66.7 Å². The van der Waals surface area contributed by atoms with Gasteiger partial charge in [-0.25, -0.2) is 5.10 Å². The van der Waals surface area contributed by atoms with Crippen molar-refractivity contribution in [2.24, 2.45) is 5.10 Å². The van der Waals surface area contributed by atoms with Crippen LogP contribution in [0.25, 0.3) is 21.5 Å². The number of ether oxygens (including phenoxy) is 1. The Labute approximate surface area is 178 Å². The quantitative estimate of drug-likeness (QED) is 0.229. The summed E-state index contributed by atoms with van der Waals surface area (Å²) in [5.74, 6) is 1.37. The molecule has 146 valence electrons. The zero-order chi connectivity index (χ0) is 20.3. The third kappa shape index (κ3) is 3.49. The van der Waals surface area contributed by atoms with Gasteiger partial charge in [-0.2, -0.15) is 14.9 Å². The molecule has 4 aromatic carbocycles. The van der Waals surface area contributed by atoms with Crippen molar-refractivity contribution >= 4 is 40.0 Å². The maximum absolute atomic E-state index is 5.82. The maximum atomic E-state index is 5.82. The fourth-order valence-electron chi connectivity index (χ4n) is 3.50. The van der Waals surface area contributed by atoms with E-state index in [0.29, 0.717) is 10.6 Å². The van der Waals surface area contributed by atoms with Crippen molar-refractivity contribution in [3.63, 3.8) is 0 Å². The highest BCUT2D eigenvalue weighted by Crippen LogP contribution is 2.27. The van der Waals surface area contributed by atoms with Gasteiger partial charge < -0.3 is 4.74 Å². The smallest absolute Gasteiger partial charge is 0.216 e. The van der Waals surface area contributed by atoms with Gasteiger partial charge in [0.15, 0.2) is 5.82 Å². The minimum atomic E-state index is 0.255. The van der Waals surface area contributed by atoms with Gasteiger partial charge in [0.25, 0.3) is 0 Å². The first-order valence-corrected chi connectivity index (χ1v) is 9.99. The van der Waals surface area contributed by atoms with Crippen LogP contribution in [0.3, 0.4) is 0 Å². The number of aromatic nitrogens is 3. The molecule has 0 radical (unpaired) electrons. The average Bonchev–Trinajstić information content (AvgIpc) is 3.15. The fourth-order valence-corrected chi connectivity index (χ4v) is 3.70. The topological polar surface area (TPSA) is 55.2 Å². The second-order valence-electron chi connectivity index (χ2n) is 6.84. The highest BCUT2D eigenvalue weighted by Gasteiger charge is 2.08. The van der Waals surface area contributed by atoms with Crippen LogP contribution >= 0.6 is 12.2 Å². The lowest BCUT2D eigenvalue weighted by Gasteiger charge is -2.08. The lowest BCUT2D eigenvalue weighted by atomic mass is 9.97. The van der Waals surface area contributed by atoms with Crippen LogP contribution in [0.5, 0.6) is 5.75 Å². The van der Waals surface area contributed by atoms with E-state index < -0.39 is 0 Å². The fraction of sp³-hybridized carbons (Fsp3) is 0.0417. The van der Waals surface area contributed by atoms with E-state index in [9.17, 15) is 0 Å². The number of aromatic amines is 1. The number of fused-ring (bicyclic) bond motifs is 2. The summed E-state index contributed by atoms with van der Waals surface area (Å²) in [7, 11) is 0. The van der Waals surface area contributed by atoms with Gasteiger partial charge in [-0.15, -0.1) is 0 Å². The number of para-hydroxylation sites is 1. The molecule has 0 unspecified atom stereocenters. The van der Waals surface area contributed by atoms with Crippen LogP contribution in [0.2, 0.25) is 0 Å². The molecule has 0 bridgehead atoms. The third-order valence-corrected chi connectivity index (χ3v) is 5.21. The molecule has 1 N–H and O–H groups in total. The Morgan fingerprint density at radius 1 is 0.900 bits per heavy atom. The van der Waals surface area contributed by atoms with Gasteiger partial charge >= 0.3 is 0 Å². The number of H-pyrrole nitrogens is 1. The Hall–Kier alpha value is -3.77. The van der Waals surface area contributed by atoms with Crippen molar-refractivity contribution < 1.29 is 4.74 Å². The number of rotatable bonds is 5. The molecular formula is C24H18N4OS. The summed E-state index contributed by atoms with van der Waals surface area (Å²) in [6, 6.07) is 28.4. The first-order valence-electron chi connectivity index (χ1n) is 9.58. The summed E-state index contributed by atoms with van der Waals surface area (Å²) >= 11 is 5.39. The zero-order valence-electron chi connectivity index (χ0n) is 16.0. The van der Waals surface area contributed by atoms with Crippen molar-refractivity contribution in [3.8, 4) is 5.75 Å². The van der Waals surface area contributed by atoms with Gasteiger partial charge in [-0.3, -0.25) is 0 Å². The second-order valence-corrected chi connectivity index (χ2v) is 7.22. The number of benzene rings is 4. The number of nitrogens with zero attached hydrogens (tertiary/aromatic N) is 3. The SMILES string of the molecule is S=c1[nH]nc(COc2ccccc2)n1/N=C\c1c2ccccc2cc2ccccc12. The van der Waals surface area contributed by atoms with Crippen molar-refractivity contribution in [1.82, 2.24) is 14.9 Å². The van der Waals surface area contributed by atoms with Gasteiger partial charge in [0.2, 0.25) is 4.77 Å². The summed E-state index contributed by atoms with van der Waals surface area (Å²) in [5, 5.41) is 16.4. The first kappa shape index (κ1) is 18.3. The molecule has 1 aromatic heterocycles. The van der Waals surface area contributed by atoms with E-state index in [2.05, 4.69) is 45.6 Å². The van der Waals surface area contributed by atoms with Crippen LogP contribution in [0.15, 0.2) is 90.0 Å². The van der Waals surface area contributed by atoms with Crippen LogP contribution < -0.4 is 4.74 Å². The average molecular weight is 411 g/mol. The monoisotopic (exact) mass is 410 g/mol. The normalized spacial score (nSPS) is 11.5. The lowest BCUT2D eigenvalue weighted by Crippen LogP contribution is -2.04. The number of hydrogen-bond donors (Lipinski definition) is 1. The van der Waals surface area contributed by atoms with Crippen LogP contribution in [0, 0.1) is 4.77 Å². The molecule has 0 aliphatic rings. The highest BCUT2D eigenvalue weighted by atomic mass is 32.1. The molecule has 0 atom stereocenters. The summed E-state index contributed by atoms with van der Waals surface area (Å²) in [6.07, 6.45) is 1.85. The molecule has 5 rings (SSSR count). The zero-order valence-corrected chi connectivity index (χ0v) is 16.8. The van der Waals surface area contributed by atoms with Crippen LogP contribution in [-0.2, 0) is 6.61 Å². The number of hydrogen-bond acceptors (Lipinski definition) is 4. The molecule has 0 amide bonds. The molecule has 5 nitrogen and oxygen atoms in total. The molecule has 0 aliphatic heterocycles. The van der Waals surface area contributed by atoms with E-state index in [-0.39, 0.29) is 6.61 Å². The summed E-state index contributed by atoms with van der Waals surface area (Å²) in [4.78, 5) is 0. The Morgan fingerprint density at radius 2 is 1.53 bits per heavy atom. The summed E-state index contributed by atoms with van der Waals surface area (Å²) in [6.45, 7) is 0.255. The van der Waals surface area contributed by atoms with Crippen molar-refractivity contribution in [1.29, 1.82) is 0 Å². The molecule has 0 saturated heterocycles. The van der Waals surface area contributed by atoms with Gasteiger partial charge in [0.1, 0.15) is 12.4 Å². The van der Waals surface area contributed by atoms with Crippen molar-refractivity contribution in [2.45, 2.75) is 6.61 Å². The van der Waals surface area contributed by atoms with E-state index in [1.807, 2.05) is 60.8 Å². The molecule has 6 heteroatoms. The predicted molar refractivity (Wildman–Crippen MR) is 123 cm³/mol. The van der Waals surface area contributed by atoms with Crippen molar-refractivity contribution in [3.05, 3.63) is 101 Å². The van der Waals surface area contributed by atoms with E-state index in [4.69, 9.17) is 17.0 Å². The second kappa shape index (κ2) is 7.93. The molecule has 0 spiro atoms. The molecule has 5 aromatic rings. The number of nitrogens with one attached hydrogen (secondary N) is 1. The van der Waals surface area contributed by atoms with Crippen LogP contribution in [0.4, 0.5) is 0 Å². The highest BCUT2D eigenvalue weighted by molar-refractivity contribution is 7.71. The predicted octanol–water partition coefficient (Wildman–Crippen LogP) is 5.71. The Bertz CT molecular complexity index is 1370. The van der Waals surface area contributed by atoms with E-state index in [1.54, 1.807) is 4.68 Å². The minimum absolute atomic E-state index is 0.255. The van der Waals surface area contributed by atoms with Crippen molar-refractivity contribution in [2.75, 3.05) is 0 Å². The minimum Gasteiger partial charge on any atom is -0.486 e. The Kier molecular flexibility index (Phi) is 4.83. The Morgan fingerprint density at radius 3 is 2.23 bits per heavy atom. The molecule has 30 heavy (non-hydrogen) atoms. The lowest BCUT2D eigenvalue weighted by molar-refractivity contribution is 0.290. The maximum Gasteiger partial charge on any atom is 0.216 e. The van der Waals surface area contributed by atoms with Crippen LogP contribution in [0.1, 0.15) is 11.4 Å². The van der Waals surface area contributed by atoms with E-state index in [0.717, 1.165) is 22.1 Å². The third-order valence-electron chi connectivity index (χ3n) is 4.94. The molecule has 0 aliphatic carbocycles. The van der Waals surface area contributed by atoms with Gasteiger partial charge in [0.05, 0.1) is 6.21 Å². The Balaban J connectivity index is 1.55.